The Labute approximate surface area is 209 Å². The minimum atomic E-state index is -4.26. The van der Waals surface area contributed by atoms with Crippen LogP contribution in [0.4, 0.5) is 30.4 Å². The second-order valence-corrected chi connectivity index (χ2v) is 10.2. The number of benzene rings is 1. The lowest BCUT2D eigenvalue weighted by molar-refractivity contribution is -0.154. The van der Waals surface area contributed by atoms with Crippen LogP contribution < -0.4 is 15.5 Å². The van der Waals surface area contributed by atoms with Crippen LogP contribution in [-0.2, 0) is 16.1 Å². The van der Waals surface area contributed by atoms with Crippen molar-refractivity contribution in [1.82, 2.24) is 10.3 Å². The first-order valence-corrected chi connectivity index (χ1v) is 12.9. The van der Waals surface area contributed by atoms with Crippen molar-refractivity contribution in [3.05, 3.63) is 47.7 Å². The second kappa shape index (κ2) is 10.4. The van der Waals surface area contributed by atoms with Gasteiger partial charge in [-0.25, -0.2) is 4.98 Å². The molecule has 2 N–H and O–H groups in total. The lowest BCUT2D eigenvalue weighted by atomic mass is 9.84. The van der Waals surface area contributed by atoms with E-state index in [1.807, 2.05) is 23.1 Å². The van der Waals surface area contributed by atoms with Crippen LogP contribution in [0.15, 0.2) is 36.5 Å². The zero-order chi connectivity index (χ0) is 25.3. The molecule has 0 bridgehead atoms. The summed E-state index contributed by atoms with van der Waals surface area (Å²) in [5.41, 5.74) is 3.81. The van der Waals surface area contributed by atoms with Crippen molar-refractivity contribution >= 4 is 23.1 Å². The van der Waals surface area contributed by atoms with Gasteiger partial charge in [0.25, 0.3) is 0 Å². The number of ether oxygens (including phenoxy) is 1. The van der Waals surface area contributed by atoms with E-state index in [0.717, 1.165) is 55.7 Å². The Morgan fingerprint density at radius 1 is 1.14 bits per heavy atom. The average Bonchev–Trinajstić information content (AvgIpc) is 3.05. The Kier molecular flexibility index (Phi) is 7.21. The van der Waals surface area contributed by atoms with Gasteiger partial charge in [0.15, 0.2) is 0 Å². The Balaban J connectivity index is 1.37. The summed E-state index contributed by atoms with van der Waals surface area (Å²) in [5, 5.41) is 6.12. The van der Waals surface area contributed by atoms with Crippen LogP contribution in [0.2, 0.25) is 0 Å². The van der Waals surface area contributed by atoms with Crippen molar-refractivity contribution in [2.24, 2.45) is 5.92 Å². The molecule has 1 aromatic carbocycles. The van der Waals surface area contributed by atoms with Crippen LogP contribution in [-0.4, -0.2) is 42.4 Å². The van der Waals surface area contributed by atoms with Crippen molar-refractivity contribution in [3.8, 4) is 0 Å². The number of fused-ring (bicyclic) bond motifs is 2. The Morgan fingerprint density at radius 2 is 1.89 bits per heavy atom. The number of halogens is 3. The molecule has 1 aromatic heterocycles. The van der Waals surface area contributed by atoms with Gasteiger partial charge >= 0.3 is 6.18 Å². The first-order valence-electron chi connectivity index (χ1n) is 12.9. The largest absolute Gasteiger partial charge is 0.403 e. The van der Waals surface area contributed by atoms with E-state index in [0.29, 0.717) is 38.1 Å². The molecule has 5 rings (SSSR count). The van der Waals surface area contributed by atoms with Gasteiger partial charge in [-0.1, -0.05) is 12.1 Å². The van der Waals surface area contributed by atoms with Gasteiger partial charge in [-0.2, -0.15) is 13.2 Å². The fraction of sp³-hybridized carbons (Fsp3) is 0.556. The molecule has 3 aliphatic rings. The molecule has 1 atom stereocenters. The SMILES string of the molecule is CC(NC1CCC(C(=O)N2Cc3cccnc3Nc3ccc(C4CCOCC4)cc32)CC1)C(F)(F)F. The molecular formula is C27H33F3N4O2. The fourth-order valence-electron chi connectivity index (χ4n) is 5.60. The topological polar surface area (TPSA) is 66.5 Å². The molecule has 2 fully saturated rings. The summed E-state index contributed by atoms with van der Waals surface area (Å²) in [5.74, 6) is 0.937. The first kappa shape index (κ1) is 25.0. The van der Waals surface area contributed by atoms with Crippen molar-refractivity contribution in [1.29, 1.82) is 0 Å². The number of carbonyl (C=O) groups is 1. The minimum Gasteiger partial charge on any atom is -0.381 e. The number of anilines is 3. The summed E-state index contributed by atoms with van der Waals surface area (Å²) >= 11 is 0. The summed E-state index contributed by atoms with van der Waals surface area (Å²) in [6.45, 7) is 3.03. The number of nitrogens with one attached hydrogen (secondary N) is 2. The smallest absolute Gasteiger partial charge is 0.381 e. The molecule has 0 radical (unpaired) electrons. The number of alkyl halides is 3. The molecule has 1 saturated carbocycles. The molecule has 9 heteroatoms. The van der Waals surface area contributed by atoms with Gasteiger partial charge in [0.05, 0.1) is 17.9 Å². The van der Waals surface area contributed by atoms with Gasteiger partial charge in [0, 0.05) is 36.9 Å². The van der Waals surface area contributed by atoms with Gasteiger partial charge in [-0.3, -0.25) is 4.79 Å². The van der Waals surface area contributed by atoms with E-state index in [2.05, 4.69) is 27.8 Å². The zero-order valence-electron chi connectivity index (χ0n) is 20.5. The average molecular weight is 503 g/mol. The standard InChI is InChI=1S/C27H33F3N4O2/c1-17(27(28,29)30)32-22-7-4-19(5-8-22)26(35)34-16-21-3-2-12-31-25(21)33-23-9-6-20(15-24(23)34)18-10-13-36-14-11-18/h2-3,6,9,12,15,17-19,22,32H,4-5,7-8,10-11,13-14,16H2,1H3,(H,31,33). The maximum Gasteiger partial charge on any atom is 0.403 e. The number of hydrogen-bond donors (Lipinski definition) is 2. The highest BCUT2D eigenvalue weighted by Crippen LogP contribution is 2.40. The Morgan fingerprint density at radius 3 is 2.61 bits per heavy atom. The van der Waals surface area contributed by atoms with Gasteiger partial charge < -0.3 is 20.3 Å². The van der Waals surface area contributed by atoms with E-state index in [1.54, 1.807) is 6.20 Å². The molecule has 36 heavy (non-hydrogen) atoms. The summed E-state index contributed by atoms with van der Waals surface area (Å²) in [7, 11) is 0. The number of hydrogen-bond acceptors (Lipinski definition) is 5. The first-order chi connectivity index (χ1) is 17.3. The highest BCUT2D eigenvalue weighted by Gasteiger charge is 2.39. The quantitative estimate of drug-likeness (QED) is 0.564. The molecule has 1 saturated heterocycles. The summed E-state index contributed by atoms with van der Waals surface area (Å²) in [4.78, 5) is 20.3. The van der Waals surface area contributed by atoms with Crippen molar-refractivity contribution < 1.29 is 22.7 Å². The third-order valence-electron chi connectivity index (χ3n) is 7.80. The molecule has 1 unspecified atom stereocenters. The lowest BCUT2D eigenvalue weighted by Crippen LogP contribution is -2.47. The van der Waals surface area contributed by atoms with E-state index >= 15 is 0 Å². The summed E-state index contributed by atoms with van der Waals surface area (Å²) < 4.78 is 44.5. The molecule has 194 valence electrons. The molecule has 6 nitrogen and oxygen atoms in total. The van der Waals surface area contributed by atoms with E-state index in [-0.39, 0.29) is 17.9 Å². The molecule has 0 spiro atoms. The zero-order valence-corrected chi connectivity index (χ0v) is 20.5. The minimum absolute atomic E-state index is 0.0289. The highest BCUT2D eigenvalue weighted by molar-refractivity contribution is 5.99. The van der Waals surface area contributed by atoms with Crippen LogP contribution in [0.25, 0.3) is 0 Å². The van der Waals surface area contributed by atoms with E-state index in [4.69, 9.17) is 4.74 Å². The molecule has 2 aliphatic heterocycles. The maximum absolute atomic E-state index is 13.9. The number of nitrogens with zero attached hydrogens (tertiary/aromatic N) is 2. The van der Waals surface area contributed by atoms with E-state index in [9.17, 15) is 18.0 Å². The number of aromatic nitrogens is 1. The third kappa shape index (κ3) is 5.37. The van der Waals surface area contributed by atoms with Crippen LogP contribution in [0.1, 0.15) is 62.5 Å². The Bertz CT molecular complexity index is 1080. The monoisotopic (exact) mass is 502 g/mol. The predicted molar refractivity (Wildman–Crippen MR) is 132 cm³/mol. The number of pyridine rings is 1. The molecular weight excluding hydrogens is 469 g/mol. The summed E-state index contributed by atoms with van der Waals surface area (Å²) in [6.07, 6.45) is 1.62. The number of rotatable bonds is 4. The fourth-order valence-corrected chi connectivity index (χ4v) is 5.60. The normalized spacial score (nSPS) is 23.7. The van der Waals surface area contributed by atoms with Gasteiger partial charge in [-0.15, -0.1) is 0 Å². The number of carbonyl (C=O) groups excluding carboxylic acids is 1. The van der Waals surface area contributed by atoms with E-state index in [1.165, 1.54) is 5.56 Å². The molecule has 2 aromatic rings. The van der Waals surface area contributed by atoms with E-state index < -0.39 is 12.2 Å². The third-order valence-corrected chi connectivity index (χ3v) is 7.80. The van der Waals surface area contributed by atoms with Crippen LogP contribution in [0, 0.1) is 5.92 Å². The van der Waals surface area contributed by atoms with Crippen LogP contribution in [0.5, 0.6) is 0 Å². The van der Waals surface area contributed by atoms with Gasteiger partial charge in [-0.05, 0) is 75.1 Å². The van der Waals surface area contributed by atoms with Crippen LogP contribution in [0.3, 0.4) is 0 Å². The lowest BCUT2D eigenvalue weighted by Gasteiger charge is -2.34. The maximum atomic E-state index is 13.9. The number of amides is 1. The molecule has 3 heterocycles. The predicted octanol–water partition coefficient (Wildman–Crippen LogP) is 5.67. The second-order valence-electron chi connectivity index (χ2n) is 10.2. The van der Waals surface area contributed by atoms with Crippen molar-refractivity contribution in [2.45, 2.75) is 76.2 Å². The van der Waals surface area contributed by atoms with Crippen molar-refractivity contribution in [2.75, 3.05) is 23.4 Å². The van der Waals surface area contributed by atoms with Crippen LogP contribution >= 0.6 is 0 Å². The van der Waals surface area contributed by atoms with Gasteiger partial charge in [0.1, 0.15) is 11.9 Å². The highest BCUT2D eigenvalue weighted by atomic mass is 19.4. The van der Waals surface area contributed by atoms with Gasteiger partial charge in [0.2, 0.25) is 5.91 Å². The molecule has 1 amide bonds. The van der Waals surface area contributed by atoms with Crippen molar-refractivity contribution in [3.63, 3.8) is 0 Å². The Hall–Kier alpha value is -2.65. The molecule has 1 aliphatic carbocycles. The summed E-state index contributed by atoms with van der Waals surface area (Å²) in [6, 6.07) is 8.34.